The Hall–Kier alpha value is -3.21. The van der Waals surface area contributed by atoms with Crippen molar-refractivity contribution in [2.45, 2.75) is 19.9 Å². The first-order chi connectivity index (χ1) is 12.7. The van der Waals surface area contributed by atoms with Gasteiger partial charge in [0.2, 0.25) is 5.95 Å². The maximum absolute atomic E-state index is 12.9. The highest BCUT2D eigenvalue weighted by Crippen LogP contribution is 2.18. The van der Waals surface area contributed by atoms with Gasteiger partial charge in [-0.25, -0.2) is 9.97 Å². The van der Waals surface area contributed by atoms with Gasteiger partial charge in [-0.1, -0.05) is 48.5 Å². The summed E-state index contributed by atoms with van der Waals surface area (Å²) in [6.07, 6.45) is 1.61. The molecule has 0 radical (unpaired) electrons. The molecular formula is C21H22N4O. The van der Waals surface area contributed by atoms with E-state index < -0.39 is 0 Å². The van der Waals surface area contributed by atoms with Gasteiger partial charge in [-0.05, 0) is 37.6 Å². The molecule has 132 valence electrons. The summed E-state index contributed by atoms with van der Waals surface area (Å²) in [6.45, 7) is 4.55. The van der Waals surface area contributed by atoms with Gasteiger partial charge in [-0.3, -0.25) is 4.79 Å². The SMILES string of the molecule is CCN(C(=O)c1ccnc(NC(C)c2ccccc2)n1)c1ccccc1. The Kier molecular flexibility index (Phi) is 5.59. The lowest BCUT2D eigenvalue weighted by molar-refractivity contribution is 0.0983. The number of amides is 1. The zero-order chi connectivity index (χ0) is 18.4. The Bertz CT molecular complexity index is 852. The molecule has 26 heavy (non-hydrogen) atoms. The number of nitrogens with zero attached hydrogens (tertiary/aromatic N) is 3. The van der Waals surface area contributed by atoms with Crippen molar-refractivity contribution >= 4 is 17.5 Å². The molecule has 1 aromatic heterocycles. The molecule has 5 heteroatoms. The van der Waals surface area contributed by atoms with Crippen LogP contribution < -0.4 is 10.2 Å². The second kappa shape index (κ2) is 8.25. The van der Waals surface area contributed by atoms with E-state index in [-0.39, 0.29) is 11.9 Å². The lowest BCUT2D eigenvalue weighted by atomic mass is 10.1. The van der Waals surface area contributed by atoms with Crippen LogP contribution in [-0.4, -0.2) is 22.4 Å². The quantitative estimate of drug-likeness (QED) is 0.722. The van der Waals surface area contributed by atoms with E-state index in [1.165, 1.54) is 0 Å². The molecule has 0 fully saturated rings. The van der Waals surface area contributed by atoms with Crippen LogP contribution in [0, 0.1) is 0 Å². The van der Waals surface area contributed by atoms with Crippen molar-refractivity contribution in [2.24, 2.45) is 0 Å². The van der Waals surface area contributed by atoms with Crippen LogP contribution in [-0.2, 0) is 0 Å². The van der Waals surface area contributed by atoms with Crippen molar-refractivity contribution in [2.75, 3.05) is 16.8 Å². The van der Waals surface area contributed by atoms with Gasteiger partial charge >= 0.3 is 0 Å². The number of hydrogen-bond donors (Lipinski definition) is 1. The van der Waals surface area contributed by atoms with Crippen LogP contribution in [0.15, 0.2) is 72.9 Å². The predicted octanol–water partition coefficient (Wildman–Crippen LogP) is 4.32. The zero-order valence-electron chi connectivity index (χ0n) is 15.0. The van der Waals surface area contributed by atoms with Crippen LogP contribution in [0.25, 0.3) is 0 Å². The fraction of sp³-hybridized carbons (Fsp3) is 0.190. The largest absolute Gasteiger partial charge is 0.348 e. The minimum atomic E-state index is -0.142. The van der Waals surface area contributed by atoms with Crippen LogP contribution in [0.3, 0.4) is 0 Å². The third kappa shape index (κ3) is 4.06. The standard InChI is InChI=1S/C21H22N4O/c1-3-25(18-12-8-5-9-13-18)20(26)19-14-15-22-21(24-19)23-16(2)17-10-6-4-7-11-17/h4-16H,3H2,1-2H3,(H,22,23,24). The summed E-state index contributed by atoms with van der Waals surface area (Å²) in [7, 11) is 0. The molecule has 1 atom stereocenters. The number of anilines is 2. The normalized spacial score (nSPS) is 11.6. The van der Waals surface area contributed by atoms with Gasteiger partial charge in [0.15, 0.2) is 0 Å². The summed E-state index contributed by atoms with van der Waals surface area (Å²) in [6, 6.07) is 21.3. The van der Waals surface area contributed by atoms with Gasteiger partial charge in [0.1, 0.15) is 5.69 Å². The smallest absolute Gasteiger partial charge is 0.277 e. The number of carbonyl (C=O) groups excluding carboxylic acids is 1. The average molecular weight is 346 g/mol. The molecule has 1 unspecified atom stereocenters. The Morgan fingerprint density at radius 2 is 1.69 bits per heavy atom. The fourth-order valence-corrected chi connectivity index (χ4v) is 2.76. The monoisotopic (exact) mass is 346 g/mol. The highest BCUT2D eigenvalue weighted by molar-refractivity contribution is 6.04. The molecule has 0 aliphatic carbocycles. The van der Waals surface area contributed by atoms with Crippen molar-refractivity contribution in [3.8, 4) is 0 Å². The molecule has 0 spiro atoms. The molecular weight excluding hydrogens is 324 g/mol. The van der Waals surface area contributed by atoms with E-state index in [4.69, 9.17) is 0 Å². The number of para-hydroxylation sites is 1. The van der Waals surface area contributed by atoms with E-state index in [1.54, 1.807) is 17.2 Å². The van der Waals surface area contributed by atoms with Crippen LogP contribution in [0.4, 0.5) is 11.6 Å². The second-order valence-corrected chi connectivity index (χ2v) is 5.93. The Morgan fingerprint density at radius 1 is 1.04 bits per heavy atom. The van der Waals surface area contributed by atoms with E-state index in [0.717, 1.165) is 11.3 Å². The van der Waals surface area contributed by atoms with Crippen molar-refractivity contribution in [1.29, 1.82) is 0 Å². The maximum atomic E-state index is 12.9. The summed E-state index contributed by atoms with van der Waals surface area (Å²) >= 11 is 0. The van der Waals surface area contributed by atoms with E-state index in [1.807, 2.05) is 74.5 Å². The Morgan fingerprint density at radius 3 is 2.35 bits per heavy atom. The van der Waals surface area contributed by atoms with Crippen molar-refractivity contribution < 1.29 is 4.79 Å². The number of benzene rings is 2. The lowest BCUT2D eigenvalue weighted by Crippen LogP contribution is -2.31. The van der Waals surface area contributed by atoms with Crippen LogP contribution >= 0.6 is 0 Å². The molecule has 5 nitrogen and oxygen atoms in total. The number of carbonyl (C=O) groups is 1. The molecule has 2 aromatic carbocycles. The molecule has 0 aliphatic heterocycles. The summed E-state index contributed by atoms with van der Waals surface area (Å²) in [4.78, 5) is 23.3. The van der Waals surface area contributed by atoms with Crippen LogP contribution in [0.2, 0.25) is 0 Å². The molecule has 3 aromatic rings. The summed E-state index contributed by atoms with van der Waals surface area (Å²) in [5, 5.41) is 3.26. The van der Waals surface area contributed by atoms with Gasteiger partial charge in [0.05, 0.1) is 6.04 Å². The van der Waals surface area contributed by atoms with E-state index in [2.05, 4.69) is 15.3 Å². The first-order valence-corrected chi connectivity index (χ1v) is 8.70. The van der Waals surface area contributed by atoms with Gasteiger partial charge in [-0.15, -0.1) is 0 Å². The number of nitrogens with one attached hydrogen (secondary N) is 1. The van der Waals surface area contributed by atoms with Crippen LogP contribution in [0.1, 0.15) is 35.9 Å². The van der Waals surface area contributed by atoms with Gasteiger partial charge < -0.3 is 10.2 Å². The first kappa shape index (κ1) is 17.6. The minimum absolute atomic E-state index is 0.0398. The number of hydrogen-bond acceptors (Lipinski definition) is 4. The van der Waals surface area contributed by atoms with E-state index >= 15 is 0 Å². The minimum Gasteiger partial charge on any atom is -0.348 e. The molecule has 1 amide bonds. The Labute approximate surface area is 153 Å². The zero-order valence-corrected chi connectivity index (χ0v) is 15.0. The van der Waals surface area contributed by atoms with Crippen LogP contribution in [0.5, 0.6) is 0 Å². The highest BCUT2D eigenvalue weighted by atomic mass is 16.2. The van der Waals surface area contributed by atoms with E-state index in [9.17, 15) is 4.79 Å². The van der Waals surface area contributed by atoms with E-state index in [0.29, 0.717) is 18.2 Å². The molecule has 0 aliphatic rings. The molecule has 1 N–H and O–H groups in total. The van der Waals surface area contributed by atoms with Gasteiger partial charge in [-0.2, -0.15) is 0 Å². The number of rotatable bonds is 6. The Balaban J connectivity index is 1.79. The fourth-order valence-electron chi connectivity index (χ4n) is 2.76. The molecule has 0 bridgehead atoms. The topological polar surface area (TPSA) is 58.1 Å². The van der Waals surface area contributed by atoms with Crippen molar-refractivity contribution in [3.05, 3.63) is 84.2 Å². The molecule has 3 rings (SSSR count). The number of aromatic nitrogens is 2. The third-order valence-corrected chi connectivity index (χ3v) is 4.15. The average Bonchev–Trinajstić information content (AvgIpc) is 2.70. The highest BCUT2D eigenvalue weighted by Gasteiger charge is 2.18. The summed E-state index contributed by atoms with van der Waals surface area (Å²) in [5.74, 6) is 0.299. The second-order valence-electron chi connectivity index (χ2n) is 5.93. The predicted molar refractivity (Wildman–Crippen MR) is 104 cm³/mol. The van der Waals surface area contributed by atoms with Crippen molar-refractivity contribution in [1.82, 2.24) is 9.97 Å². The first-order valence-electron chi connectivity index (χ1n) is 8.70. The lowest BCUT2D eigenvalue weighted by Gasteiger charge is -2.21. The summed E-state index contributed by atoms with van der Waals surface area (Å²) in [5.41, 5.74) is 2.35. The maximum Gasteiger partial charge on any atom is 0.277 e. The molecule has 0 saturated carbocycles. The third-order valence-electron chi connectivity index (χ3n) is 4.15. The van der Waals surface area contributed by atoms with Crippen molar-refractivity contribution in [3.63, 3.8) is 0 Å². The molecule has 0 saturated heterocycles. The molecule has 1 heterocycles. The van der Waals surface area contributed by atoms with Gasteiger partial charge in [0.25, 0.3) is 5.91 Å². The van der Waals surface area contributed by atoms with Gasteiger partial charge in [0, 0.05) is 18.4 Å². The summed E-state index contributed by atoms with van der Waals surface area (Å²) < 4.78 is 0.